The normalized spacial score (nSPS) is 15.0. The number of benzene rings is 3. The summed E-state index contributed by atoms with van der Waals surface area (Å²) in [7, 11) is 1.69. The fraction of sp³-hybridized carbons (Fsp3) is 0.167. The van der Waals surface area contributed by atoms with Gasteiger partial charge in [-0.3, -0.25) is 0 Å². The number of hydrogen-bond donors (Lipinski definition) is 0. The number of aromatic nitrogens is 1. The number of aryl methyl sites for hydroxylation is 2. The summed E-state index contributed by atoms with van der Waals surface area (Å²) in [6.45, 7) is 12.4. The third-order valence-electron chi connectivity index (χ3n) is 5.78. The fourth-order valence-electron chi connectivity index (χ4n) is 4.49. The van der Waals surface area contributed by atoms with E-state index < -0.39 is 7.92 Å². The highest BCUT2D eigenvalue weighted by molar-refractivity contribution is 7.73. The summed E-state index contributed by atoms with van der Waals surface area (Å²) in [5.41, 5.74) is 5.22. The van der Waals surface area contributed by atoms with Gasteiger partial charge in [-0.05, 0) is 72.0 Å². The second kappa shape index (κ2) is 5.88. The highest BCUT2D eigenvalue weighted by Crippen LogP contribution is 2.45. The second-order valence-electron chi connectivity index (χ2n) is 7.35. The molecule has 1 aromatic heterocycles. The first kappa shape index (κ1) is 16.4. The topological polar surface area (TPSA) is 8.24 Å². The van der Waals surface area contributed by atoms with Gasteiger partial charge in [0.1, 0.15) is 7.05 Å². The molecule has 0 fully saturated rings. The molecule has 0 amide bonds. The quantitative estimate of drug-likeness (QED) is 0.264. The number of nitrogens with zero attached hydrogens (tertiary/aromatic N) is 2. The Morgan fingerprint density at radius 2 is 1.85 bits per heavy atom. The number of rotatable bonds is 1. The molecule has 3 heteroatoms. The average Bonchev–Trinajstić information content (AvgIpc) is 2.67. The molecule has 1 atom stereocenters. The molecule has 130 valence electrons. The van der Waals surface area contributed by atoms with Gasteiger partial charge in [-0.15, -0.1) is 0 Å². The van der Waals surface area contributed by atoms with E-state index in [-0.39, 0.29) is 0 Å². The van der Waals surface area contributed by atoms with Crippen LogP contribution in [0.3, 0.4) is 0 Å². The van der Waals surface area contributed by atoms with Gasteiger partial charge < -0.3 is 4.85 Å². The van der Waals surface area contributed by atoms with Crippen LogP contribution in [0.4, 0.5) is 0 Å². The van der Waals surface area contributed by atoms with Crippen molar-refractivity contribution in [1.29, 1.82) is 0 Å². The molecule has 1 aliphatic rings. The summed E-state index contributed by atoms with van der Waals surface area (Å²) in [5, 5.41) is 8.15. The molecule has 0 aliphatic carbocycles. The van der Waals surface area contributed by atoms with Gasteiger partial charge in [0.05, 0.1) is 10.9 Å². The molecule has 0 radical (unpaired) electrons. The fourth-order valence-corrected chi connectivity index (χ4v) is 6.63. The van der Waals surface area contributed by atoms with Crippen LogP contribution in [0, 0.1) is 13.5 Å². The molecule has 5 rings (SSSR count). The summed E-state index contributed by atoms with van der Waals surface area (Å²) in [6, 6.07) is 17.8. The first-order valence-electron chi connectivity index (χ1n) is 9.15. The minimum atomic E-state index is -0.458. The van der Waals surface area contributed by atoms with E-state index in [1.807, 2.05) is 0 Å². The molecule has 2 heterocycles. The van der Waals surface area contributed by atoms with Gasteiger partial charge in [0.15, 0.2) is 6.20 Å². The summed E-state index contributed by atoms with van der Waals surface area (Å²) in [5.74, 6) is 0. The van der Waals surface area contributed by atoms with Crippen LogP contribution in [0.1, 0.15) is 11.1 Å². The summed E-state index contributed by atoms with van der Waals surface area (Å²) < 4.78 is 2.27. The molecular formula is C24H20N2P+. The van der Waals surface area contributed by atoms with E-state index in [1.54, 1.807) is 0 Å². The van der Waals surface area contributed by atoms with E-state index in [4.69, 9.17) is 6.57 Å². The standard InChI is InChI=1S/C24H20N2P/c1-15-19-8-6-5-7-17(19)13-21-22(15)24-23-18(9-10-26(24)3)11-16(14-25-2)12-20(23)27(21)4/h5-13H,14H2,1,3-4H3/q+1. The lowest BCUT2D eigenvalue weighted by Crippen LogP contribution is -2.36. The highest BCUT2D eigenvalue weighted by Gasteiger charge is 2.32. The van der Waals surface area contributed by atoms with Crippen molar-refractivity contribution in [2.24, 2.45) is 7.05 Å². The Bertz CT molecular complexity index is 1300. The number of pyridine rings is 1. The van der Waals surface area contributed by atoms with E-state index in [2.05, 4.69) is 84.8 Å². The predicted octanol–water partition coefficient (Wildman–Crippen LogP) is 4.59. The Morgan fingerprint density at radius 3 is 2.67 bits per heavy atom. The maximum atomic E-state index is 7.28. The van der Waals surface area contributed by atoms with Crippen LogP contribution in [0.15, 0.2) is 54.7 Å². The minimum absolute atomic E-state index is 0.450. The summed E-state index contributed by atoms with van der Waals surface area (Å²) in [4.78, 5) is 3.62. The first-order valence-corrected chi connectivity index (χ1v) is 10.9. The van der Waals surface area contributed by atoms with Gasteiger partial charge >= 0.3 is 0 Å². The van der Waals surface area contributed by atoms with Crippen LogP contribution < -0.4 is 15.2 Å². The Balaban J connectivity index is 1.98. The van der Waals surface area contributed by atoms with Crippen molar-refractivity contribution in [2.75, 3.05) is 6.66 Å². The van der Waals surface area contributed by atoms with Gasteiger partial charge in [-0.25, -0.2) is 11.1 Å². The minimum Gasteiger partial charge on any atom is -0.312 e. The van der Waals surface area contributed by atoms with Crippen molar-refractivity contribution in [1.82, 2.24) is 0 Å². The Morgan fingerprint density at radius 1 is 1.04 bits per heavy atom. The van der Waals surface area contributed by atoms with E-state index in [0.29, 0.717) is 6.54 Å². The van der Waals surface area contributed by atoms with Gasteiger partial charge in [-0.2, -0.15) is 0 Å². The molecular weight excluding hydrogens is 347 g/mol. The number of fused-ring (bicyclic) bond motifs is 3. The lowest BCUT2D eigenvalue weighted by atomic mass is 9.94. The average molecular weight is 367 g/mol. The highest BCUT2D eigenvalue weighted by atomic mass is 31.1. The first-order chi connectivity index (χ1) is 13.1. The molecule has 27 heavy (non-hydrogen) atoms. The molecule has 2 nitrogen and oxygen atoms in total. The molecule has 3 aromatic carbocycles. The van der Waals surface area contributed by atoms with Crippen molar-refractivity contribution in [3.63, 3.8) is 0 Å². The Kier molecular flexibility index (Phi) is 3.58. The zero-order valence-electron chi connectivity index (χ0n) is 15.7. The summed E-state index contributed by atoms with van der Waals surface area (Å²) >= 11 is 0. The van der Waals surface area contributed by atoms with E-state index in [0.717, 1.165) is 5.56 Å². The molecule has 0 saturated heterocycles. The van der Waals surface area contributed by atoms with E-state index in [9.17, 15) is 0 Å². The molecule has 0 spiro atoms. The predicted molar refractivity (Wildman–Crippen MR) is 115 cm³/mol. The molecule has 0 saturated carbocycles. The third kappa shape index (κ3) is 2.25. The molecule has 0 N–H and O–H groups in total. The van der Waals surface area contributed by atoms with Crippen molar-refractivity contribution in [3.05, 3.63) is 77.3 Å². The van der Waals surface area contributed by atoms with Crippen LogP contribution in [0.25, 0.3) is 37.6 Å². The zero-order chi connectivity index (χ0) is 18.7. The van der Waals surface area contributed by atoms with Crippen molar-refractivity contribution < 1.29 is 4.57 Å². The van der Waals surface area contributed by atoms with Crippen LogP contribution >= 0.6 is 7.92 Å². The van der Waals surface area contributed by atoms with Crippen molar-refractivity contribution >= 4 is 40.1 Å². The van der Waals surface area contributed by atoms with Gasteiger partial charge in [0.25, 0.3) is 0 Å². The summed E-state index contributed by atoms with van der Waals surface area (Å²) in [6.07, 6.45) is 2.16. The van der Waals surface area contributed by atoms with E-state index >= 15 is 0 Å². The molecule has 0 bridgehead atoms. The van der Waals surface area contributed by atoms with Crippen molar-refractivity contribution in [2.45, 2.75) is 13.5 Å². The molecule has 1 aliphatic heterocycles. The third-order valence-corrected chi connectivity index (χ3v) is 7.94. The lowest BCUT2D eigenvalue weighted by molar-refractivity contribution is -0.659. The maximum Gasteiger partial charge on any atom is 0.239 e. The van der Waals surface area contributed by atoms with Crippen molar-refractivity contribution in [3.8, 4) is 11.3 Å². The number of hydrogen-bond acceptors (Lipinski definition) is 0. The van der Waals surface area contributed by atoms with Crippen LogP contribution in [-0.2, 0) is 13.6 Å². The SMILES string of the molecule is [C-]#[N+]Cc1cc2c3c([n+](C)ccc3c1)-c1c(cc3ccccc3c1C)P2C. The largest absolute Gasteiger partial charge is 0.312 e. The zero-order valence-corrected chi connectivity index (χ0v) is 16.6. The van der Waals surface area contributed by atoms with Crippen LogP contribution in [-0.4, -0.2) is 6.66 Å². The second-order valence-corrected chi connectivity index (χ2v) is 9.43. The van der Waals surface area contributed by atoms with Gasteiger partial charge in [0, 0.05) is 11.6 Å². The maximum absolute atomic E-state index is 7.28. The van der Waals surface area contributed by atoms with E-state index in [1.165, 1.54) is 49.0 Å². The smallest absolute Gasteiger partial charge is 0.239 e. The Hall–Kier alpha value is -2.75. The van der Waals surface area contributed by atoms with Crippen LogP contribution in [0.2, 0.25) is 0 Å². The Labute approximate surface area is 160 Å². The monoisotopic (exact) mass is 367 g/mol. The van der Waals surface area contributed by atoms with Gasteiger partial charge in [-0.1, -0.05) is 24.3 Å². The van der Waals surface area contributed by atoms with Gasteiger partial charge in [0.2, 0.25) is 12.2 Å². The molecule has 4 aromatic rings. The lowest BCUT2D eigenvalue weighted by Gasteiger charge is -2.27. The molecule has 1 unspecified atom stereocenters. The van der Waals surface area contributed by atoms with Crippen LogP contribution in [0.5, 0.6) is 0 Å².